The molecule has 0 aliphatic heterocycles. The Morgan fingerprint density at radius 2 is 1.91 bits per heavy atom. The summed E-state index contributed by atoms with van der Waals surface area (Å²) < 4.78 is 44.4. The van der Waals surface area contributed by atoms with Crippen molar-refractivity contribution < 1.29 is 17.5 Å². The highest BCUT2D eigenvalue weighted by Crippen LogP contribution is 2.37. The van der Waals surface area contributed by atoms with Gasteiger partial charge >= 0.3 is 0 Å². The highest BCUT2D eigenvalue weighted by Gasteiger charge is 2.30. The second-order valence-corrected chi connectivity index (χ2v) is 11.2. The Hall–Kier alpha value is -1.63. The molecule has 1 N–H and O–H groups in total. The molecule has 4 nitrogen and oxygen atoms in total. The van der Waals surface area contributed by atoms with Crippen LogP contribution >= 0.6 is 12.4 Å². The van der Waals surface area contributed by atoms with Crippen molar-refractivity contribution in [1.82, 2.24) is 5.32 Å². The molecule has 7 heteroatoms. The van der Waals surface area contributed by atoms with E-state index < -0.39 is 9.84 Å². The van der Waals surface area contributed by atoms with Crippen LogP contribution in [-0.2, 0) is 22.7 Å². The molecule has 2 atom stereocenters. The van der Waals surface area contributed by atoms with Crippen LogP contribution in [0.2, 0.25) is 0 Å². The van der Waals surface area contributed by atoms with Gasteiger partial charge in [0.05, 0.1) is 18.1 Å². The second kappa shape index (κ2) is 11.0. The number of benzene rings is 2. The first-order valence-corrected chi connectivity index (χ1v) is 13.1. The van der Waals surface area contributed by atoms with Crippen molar-refractivity contribution in [2.75, 3.05) is 25.2 Å². The van der Waals surface area contributed by atoms with Gasteiger partial charge < -0.3 is 10.1 Å². The summed E-state index contributed by atoms with van der Waals surface area (Å²) in [5.41, 5.74) is 3.22. The van der Waals surface area contributed by atoms with E-state index in [1.54, 1.807) is 6.07 Å². The van der Waals surface area contributed by atoms with Crippen molar-refractivity contribution in [2.24, 2.45) is 5.92 Å². The number of nitrogens with one attached hydrogen (secondary N) is 1. The zero-order chi connectivity index (χ0) is 21.8. The minimum absolute atomic E-state index is 0. The Kier molecular flexibility index (Phi) is 8.59. The molecular formula is C25H33ClFNO3S. The molecule has 4 rings (SSSR count). The molecule has 2 aromatic rings. The predicted molar refractivity (Wildman–Crippen MR) is 129 cm³/mol. The molecule has 32 heavy (non-hydrogen) atoms. The van der Waals surface area contributed by atoms with E-state index in [9.17, 15) is 12.8 Å². The molecule has 176 valence electrons. The van der Waals surface area contributed by atoms with Crippen LogP contribution in [0.3, 0.4) is 0 Å². The number of hydrogen-bond acceptors (Lipinski definition) is 4. The maximum atomic E-state index is 14.3. The zero-order valence-electron chi connectivity index (χ0n) is 18.6. The molecule has 2 unspecified atom stereocenters. The second-order valence-electron chi connectivity index (χ2n) is 8.96. The summed E-state index contributed by atoms with van der Waals surface area (Å²) >= 11 is 0. The van der Waals surface area contributed by atoms with Crippen LogP contribution in [0.1, 0.15) is 48.3 Å². The van der Waals surface area contributed by atoms with Crippen molar-refractivity contribution >= 4 is 22.2 Å². The number of sulfone groups is 1. The number of likely N-dealkylation sites (N-methyl/N-ethyl adjacent to an activating group) is 1. The smallest absolute Gasteiger partial charge is 0.150 e. The third-order valence-electron chi connectivity index (χ3n) is 6.55. The first-order chi connectivity index (χ1) is 14.9. The molecule has 2 aliphatic carbocycles. The lowest BCUT2D eigenvalue weighted by Gasteiger charge is -2.34. The van der Waals surface area contributed by atoms with Gasteiger partial charge in [-0.25, -0.2) is 12.8 Å². The lowest BCUT2D eigenvalue weighted by molar-refractivity contribution is 0.315. The molecule has 0 amide bonds. The molecule has 1 saturated carbocycles. The largest absolute Gasteiger partial charge is 0.494 e. The van der Waals surface area contributed by atoms with Crippen molar-refractivity contribution in [3.05, 3.63) is 65.0 Å². The van der Waals surface area contributed by atoms with Gasteiger partial charge in [0.25, 0.3) is 0 Å². The van der Waals surface area contributed by atoms with Crippen molar-refractivity contribution in [3.8, 4) is 5.75 Å². The minimum atomic E-state index is -2.97. The summed E-state index contributed by atoms with van der Waals surface area (Å²) in [5.74, 6) is 1.66. The van der Waals surface area contributed by atoms with Gasteiger partial charge in [0, 0.05) is 12.0 Å². The fraction of sp³-hybridized carbons (Fsp3) is 0.520. The summed E-state index contributed by atoms with van der Waals surface area (Å²) in [6, 6.07) is 13.4. The summed E-state index contributed by atoms with van der Waals surface area (Å²) in [7, 11) is -1.00. The predicted octanol–water partition coefficient (Wildman–Crippen LogP) is 4.70. The van der Waals surface area contributed by atoms with E-state index in [-0.39, 0.29) is 35.9 Å². The fourth-order valence-electron chi connectivity index (χ4n) is 4.66. The molecule has 2 aromatic carbocycles. The Labute approximate surface area is 197 Å². The standard InChI is InChI=1S/C25H32FNO3S.ClH/c1-27-25-12-10-19-9-11-21(30-13-4-14-31(28,29)17-18-7-8-18)16-22(19)23(25)15-20-5-2-3-6-24(20)26;/h2-3,5-6,9,11,16,18,23,25,27H,4,7-8,10,12-15,17H2,1H3;1H. The molecule has 1 fully saturated rings. The van der Waals surface area contributed by atoms with Crippen molar-refractivity contribution in [3.63, 3.8) is 0 Å². The third kappa shape index (κ3) is 6.46. The number of halogens is 2. The lowest BCUT2D eigenvalue weighted by Crippen LogP contribution is -2.37. The molecule has 0 radical (unpaired) electrons. The monoisotopic (exact) mass is 481 g/mol. The molecule has 0 saturated heterocycles. The average molecular weight is 482 g/mol. The quantitative estimate of drug-likeness (QED) is 0.500. The van der Waals surface area contributed by atoms with Crippen molar-refractivity contribution in [1.29, 1.82) is 0 Å². The highest BCUT2D eigenvalue weighted by molar-refractivity contribution is 7.91. The van der Waals surface area contributed by atoms with E-state index in [2.05, 4.69) is 17.4 Å². The van der Waals surface area contributed by atoms with Crippen LogP contribution in [0.4, 0.5) is 4.39 Å². The Morgan fingerprint density at radius 3 is 2.62 bits per heavy atom. The van der Waals surface area contributed by atoms with Gasteiger partial charge in [-0.3, -0.25) is 0 Å². The highest BCUT2D eigenvalue weighted by atomic mass is 35.5. The van der Waals surface area contributed by atoms with Crippen LogP contribution in [0.25, 0.3) is 0 Å². The van der Waals surface area contributed by atoms with Gasteiger partial charge in [0.1, 0.15) is 11.6 Å². The number of hydrogen-bond donors (Lipinski definition) is 1. The van der Waals surface area contributed by atoms with E-state index in [4.69, 9.17) is 4.74 Å². The summed E-state index contributed by atoms with van der Waals surface area (Å²) in [4.78, 5) is 0. The van der Waals surface area contributed by atoms with Gasteiger partial charge in [-0.2, -0.15) is 0 Å². The van der Waals surface area contributed by atoms with Crippen LogP contribution in [0.15, 0.2) is 42.5 Å². The minimum Gasteiger partial charge on any atom is -0.494 e. The third-order valence-corrected chi connectivity index (χ3v) is 8.44. The summed E-state index contributed by atoms with van der Waals surface area (Å²) in [5, 5.41) is 3.41. The Balaban J connectivity index is 0.00000289. The van der Waals surface area contributed by atoms with Crippen LogP contribution in [0.5, 0.6) is 5.75 Å². The topological polar surface area (TPSA) is 55.4 Å². The molecular weight excluding hydrogens is 449 g/mol. The van der Waals surface area contributed by atoms with E-state index >= 15 is 0 Å². The lowest BCUT2D eigenvalue weighted by atomic mass is 9.76. The van der Waals surface area contributed by atoms with E-state index in [1.807, 2.05) is 25.2 Å². The van der Waals surface area contributed by atoms with E-state index in [0.29, 0.717) is 31.1 Å². The number of rotatable bonds is 10. The molecule has 2 aliphatic rings. The first-order valence-electron chi connectivity index (χ1n) is 11.3. The first kappa shape index (κ1) is 25.0. The van der Waals surface area contributed by atoms with Crippen LogP contribution < -0.4 is 10.1 Å². The Morgan fingerprint density at radius 1 is 1.12 bits per heavy atom. The van der Waals surface area contributed by atoms with Crippen molar-refractivity contribution in [2.45, 2.75) is 50.5 Å². The SMILES string of the molecule is CNC1CCc2ccc(OCCCS(=O)(=O)CC3CC3)cc2C1Cc1ccccc1F.Cl. The number of fused-ring (bicyclic) bond motifs is 1. The summed E-state index contributed by atoms with van der Waals surface area (Å²) in [6.45, 7) is 0.385. The molecule has 0 aromatic heterocycles. The zero-order valence-corrected chi connectivity index (χ0v) is 20.2. The van der Waals surface area contributed by atoms with E-state index in [0.717, 1.165) is 37.0 Å². The van der Waals surface area contributed by atoms with Gasteiger partial charge in [-0.1, -0.05) is 24.3 Å². The maximum Gasteiger partial charge on any atom is 0.150 e. The Bertz CT molecular complexity index is 1010. The fourth-order valence-corrected chi connectivity index (χ4v) is 6.43. The maximum absolute atomic E-state index is 14.3. The normalized spacial score (nSPS) is 20.3. The summed E-state index contributed by atoms with van der Waals surface area (Å²) in [6.07, 6.45) is 5.23. The van der Waals surface area contributed by atoms with Gasteiger partial charge in [0.2, 0.25) is 0 Å². The number of aryl methyl sites for hydroxylation is 1. The van der Waals surface area contributed by atoms with Gasteiger partial charge in [0.15, 0.2) is 9.84 Å². The van der Waals surface area contributed by atoms with Gasteiger partial charge in [-0.05, 0) is 86.4 Å². The van der Waals surface area contributed by atoms with Gasteiger partial charge in [-0.15, -0.1) is 12.4 Å². The molecule has 0 spiro atoms. The van der Waals surface area contributed by atoms with Crippen LogP contribution in [-0.4, -0.2) is 39.6 Å². The van der Waals surface area contributed by atoms with E-state index in [1.165, 1.54) is 17.2 Å². The molecule has 0 bridgehead atoms. The molecule has 0 heterocycles. The number of ether oxygens (including phenoxy) is 1. The van der Waals surface area contributed by atoms with Crippen LogP contribution in [0, 0.1) is 11.7 Å². The average Bonchev–Trinajstić information content (AvgIpc) is 3.56.